The zero-order chi connectivity index (χ0) is 36.2. The Hall–Kier alpha value is -3.97. The van der Waals surface area contributed by atoms with Crippen molar-refractivity contribution in [3.05, 3.63) is 126 Å². The molecule has 1 saturated carbocycles. The Balaban J connectivity index is 0.000000187. The number of nitrogens with zero attached hydrogens (tertiary/aromatic N) is 4. The molecular weight excluding hydrogens is 889 g/mol. The molecule has 1 aliphatic carbocycles. The third-order valence-corrected chi connectivity index (χ3v) is 14.4. The fourth-order valence-corrected chi connectivity index (χ4v) is 10.6. The van der Waals surface area contributed by atoms with Gasteiger partial charge in [0.05, 0.1) is 5.69 Å². The third-order valence-electron chi connectivity index (χ3n) is 10.1. The number of rotatable bonds is 8. The molecule has 1 fully saturated rings. The molecule has 1 radical (unpaired) electrons. The fourth-order valence-electron chi connectivity index (χ4n) is 7.31. The second kappa shape index (κ2) is 17.0. The van der Waals surface area contributed by atoms with Crippen LogP contribution in [0.2, 0.25) is 17.3 Å². The van der Waals surface area contributed by atoms with E-state index in [0.717, 1.165) is 56.9 Å². The molecule has 5 nitrogen and oxygen atoms in total. The van der Waals surface area contributed by atoms with Gasteiger partial charge in [-0.15, -0.1) is 6.07 Å². The molecule has 8 rings (SSSR count). The van der Waals surface area contributed by atoms with Crippen LogP contribution in [0.15, 0.2) is 102 Å². The number of furan rings is 1. The summed E-state index contributed by atoms with van der Waals surface area (Å²) in [6, 6.07) is 33.6. The zero-order valence-corrected chi connectivity index (χ0v) is 36.2. The molecule has 0 N–H and O–H groups in total. The van der Waals surface area contributed by atoms with Gasteiger partial charge in [-0.25, -0.2) is 4.98 Å². The molecular formula is C46H48GeIrN4O-2. The van der Waals surface area contributed by atoms with Crippen LogP contribution in [0.25, 0.3) is 56.0 Å². The zero-order valence-electron chi connectivity index (χ0n) is 31.7. The van der Waals surface area contributed by atoms with Gasteiger partial charge >= 0.3 is 137 Å². The molecule has 273 valence electrons. The monoisotopic (exact) mass is 939 g/mol. The summed E-state index contributed by atoms with van der Waals surface area (Å²) < 4.78 is 7.52. The van der Waals surface area contributed by atoms with Gasteiger partial charge in [0.1, 0.15) is 0 Å². The van der Waals surface area contributed by atoms with Gasteiger partial charge in [0.15, 0.2) is 11.4 Å². The standard InChI is InChI=1S/C26H22N3O.C20H26GeN.Ir/c1-16(2)11-19-13-24(27-14-17(19)3)20-12-22-21-9-10-23(18-7-5-4-6-8-18)29-26(21)30-25(22)28-15-20;1-21(2,3)19-15-22-20(17-11-5-4-6-12-17)14-18(19)13-16-9-7-8-10-16;/h4-10,13-16H,11H2,1-3H3;4-6,11,14-16H,7-10,13H2,1-3H3;/q2*-1;. The average Bonchev–Trinajstić information content (AvgIpc) is 3.80. The van der Waals surface area contributed by atoms with Gasteiger partial charge in [0, 0.05) is 37.6 Å². The number of hydrogen-bond acceptors (Lipinski definition) is 5. The van der Waals surface area contributed by atoms with Crippen molar-refractivity contribution in [2.75, 3.05) is 0 Å². The maximum Gasteiger partial charge on any atom is 0 e. The molecule has 7 heteroatoms. The average molecular weight is 938 g/mol. The van der Waals surface area contributed by atoms with Crippen molar-refractivity contribution < 1.29 is 24.5 Å². The van der Waals surface area contributed by atoms with Gasteiger partial charge in [-0.05, 0) is 53.4 Å². The first kappa shape index (κ1) is 38.7. The number of hydrogen-bond donors (Lipinski definition) is 0. The van der Waals surface area contributed by atoms with Crippen LogP contribution in [0.3, 0.4) is 0 Å². The van der Waals surface area contributed by atoms with Crippen LogP contribution >= 0.6 is 0 Å². The number of fused-ring (bicyclic) bond motifs is 3. The molecule has 0 spiro atoms. The smallest absolute Gasteiger partial charge is 0 e. The molecule has 1 aliphatic rings. The van der Waals surface area contributed by atoms with E-state index >= 15 is 0 Å². The van der Waals surface area contributed by atoms with Crippen molar-refractivity contribution in [1.82, 2.24) is 19.9 Å². The first-order valence-electron chi connectivity index (χ1n) is 18.7. The SMILES string of the molecule is Cc1cnc(-c2[c-]c3c(nc2)oc2nc(-c4ccccc4)ccc23)cc1CC(C)C.[CH3][Ge]([CH3])([CH3])[c]1cnc(-c2[c-]cccc2)cc1CC1CCCC1.[Ir]. The summed E-state index contributed by atoms with van der Waals surface area (Å²) in [5.74, 6) is 8.90. The van der Waals surface area contributed by atoms with Crippen LogP contribution in [0, 0.1) is 30.9 Å². The van der Waals surface area contributed by atoms with E-state index in [1.807, 2.05) is 60.8 Å². The van der Waals surface area contributed by atoms with E-state index in [0.29, 0.717) is 17.3 Å². The summed E-state index contributed by atoms with van der Waals surface area (Å²) >= 11 is -1.87. The predicted molar refractivity (Wildman–Crippen MR) is 217 cm³/mol. The van der Waals surface area contributed by atoms with E-state index < -0.39 is 13.3 Å². The largest absolute Gasteiger partial charge is 0 e. The van der Waals surface area contributed by atoms with E-state index in [1.165, 1.54) is 43.2 Å². The number of aryl methyl sites for hydroxylation is 1. The molecule has 0 aliphatic heterocycles. The minimum atomic E-state index is -1.87. The molecule has 0 saturated heterocycles. The first-order valence-corrected chi connectivity index (χ1v) is 26.1. The van der Waals surface area contributed by atoms with Crippen molar-refractivity contribution >= 4 is 39.9 Å². The Morgan fingerprint density at radius 1 is 0.774 bits per heavy atom. The summed E-state index contributed by atoms with van der Waals surface area (Å²) in [6.45, 7) is 6.57. The Morgan fingerprint density at radius 2 is 1.49 bits per heavy atom. The van der Waals surface area contributed by atoms with E-state index in [4.69, 9.17) is 14.4 Å². The number of pyridine rings is 4. The molecule has 0 unspecified atom stereocenters. The van der Waals surface area contributed by atoms with E-state index in [2.05, 4.69) is 90.6 Å². The minimum absolute atomic E-state index is 0. The molecule has 2 aromatic carbocycles. The van der Waals surface area contributed by atoms with E-state index in [1.54, 1.807) is 16.2 Å². The molecule has 7 aromatic rings. The van der Waals surface area contributed by atoms with Crippen LogP contribution in [0.1, 0.15) is 56.2 Å². The van der Waals surface area contributed by atoms with Crippen molar-refractivity contribution in [3.8, 4) is 33.8 Å². The fraction of sp³-hybridized carbons (Fsp3) is 0.304. The van der Waals surface area contributed by atoms with Gasteiger partial charge < -0.3 is 4.42 Å². The maximum atomic E-state index is 5.93. The second-order valence-corrected chi connectivity index (χ2v) is 26.3. The predicted octanol–water partition coefficient (Wildman–Crippen LogP) is 11.2. The van der Waals surface area contributed by atoms with Crippen LogP contribution in [-0.2, 0) is 32.9 Å². The van der Waals surface area contributed by atoms with Crippen LogP contribution in [-0.4, -0.2) is 33.2 Å². The van der Waals surface area contributed by atoms with Crippen molar-refractivity contribution in [1.29, 1.82) is 0 Å². The Labute approximate surface area is 330 Å². The Morgan fingerprint density at radius 3 is 2.21 bits per heavy atom. The molecule has 53 heavy (non-hydrogen) atoms. The van der Waals surface area contributed by atoms with Gasteiger partial charge in [-0.1, -0.05) is 61.9 Å². The Bertz CT molecular complexity index is 2290. The maximum absolute atomic E-state index is 5.93. The van der Waals surface area contributed by atoms with E-state index in [-0.39, 0.29) is 20.1 Å². The summed E-state index contributed by atoms with van der Waals surface area (Å²) in [5.41, 5.74) is 11.1. The normalized spacial score (nSPS) is 13.3. The van der Waals surface area contributed by atoms with Crippen LogP contribution in [0.4, 0.5) is 0 Å². The van der Waals surface area contributed by atoms with Crippen LogP contribution < -0.4 is 4.40 Å². The van der Waals surface area contributed by atoms with Gasteiger partial charge in [0.2, 0.25) is 0 Å². The number of benzene rings is 2. The van der Waals surface area contributed by atoms with Gasteiger partial charge in [-0.3, -0.25) is 9.97 Å². The third kappa shape index (κ3) is 9.23. The summed E-state index contributed by atoms with van der Waals surface area (Å²) in [6.07, 6.45) is 13.8. The molecule has 0 bridgehead atoms. The van der Waals surface area contributed by atoms with E-state index in [9.17, 15) is 0 Å². The van der Waals surface area contributed by atoms with Crippen LogP contribution in [0.5, 0.6) is 0 Å². The minimum Gasteiger partial charge on any atom is 0 e. The second-order valence-electron chi connectivity index (χ2n) is 15.7. The topological polar surface area (TPSA) is 64.7 Å². The first-order chi connectivity index (χ1) is 25.1. The Kier molecular flexibility index (Phi) is 12.4. The van der Waals surface area contributed by atoms with Gasteiger partial charge in [0.25, 0.3) is 0 Å². The van der Waals surface area contributed by atoms with Crippen molar-refractivity contribution in [2.24, 2.45) is 11.8 Å². The quantitative estimate of drug-likeness (QED) is 0.112. The van der Waals surface area contributed by atoms with Crippen molar-refractivity contribution in [2.45, 2.75) is 76.6 Å². The molecule has 0 amide bonds. The molecule has 5 heterocycles. The van der Waals surface area contributed by atoms with Crippen molar-refractivity contribution in [3.63, 3.8) is 0 Å². The summed E-state index contributed by atoms with van der Waals surface area (Å²) in [5, 5.41) is 1.75. The number of aromatic nitrogens is 4. The molecule has 5 aromatic heterocycles. The summed E-state index contributed by atoms with van der Waals surface area (Å²) in [4.78, 5) is 18.6. The van der Waals surface area contributed by atoms with Gasteiger partial charge in [-0.2, -0.15) is 0 Å². The molecule has 0 atom stereocenters. The summed E-state index contributed by atoms with van der Waals surface area (Å²) in [7, 11) is 0.